The number of aromatic hydroxyl groups is 1. The number of hydrogen-bond acceptors (Lipinski definition) is 3. The van der Waals surface area contributed by atoms with Crippen LogP contribution in [0.3, 0.4) is 0 Å². The molecule has 0 unspecified atom stereocenters. The Morgan fingerprint density at radius 2 is 2.12 bits per heavy atom. The second-order valence-corrected chi connectivity index (χ2v) is 4.57. The minimum atomic E-state index is -0.693. The van der Waals surface area contributed by atoms with E-state index in [-0.39, 0.29) is 23.3 Å². The lowest BCUT2D eigenvalue weighted by Crippen LogP contribution is -2.46. The number of carbonyl (C=O) groups is 1. The lowest BCUT2D eigenvalue weighted by Gasteiger charge is -2.23. The number of aliphatic hydroxyl groups is 1. The Hall–Kier alpha value is -1.26. The fourth-order valence-electron chi connectivity index (χ4n) is 1.07. The Labute approximate surface area is 98.9 Å². The van der Waals surface area contributed by atoms with E-state index in [9.17, 15) is 9.90 Å². The van der Waals surface area contributed by atoms with Crippen molar-refractivity contribution in [3.8, 4) is 5.75 Å². The summed E-state index contributed by atoms with van der Waals surface area (Å²) < 4.78 is 0. The zero-order chi connectivity index (χ0) is 12.3. The molecule has 0 spiro atoms. The van der Waals surface area contributed by atoms with Gasteiger partial charge in [0, 0.05) is 5.56 Å². The summed E-state index contributed by atoms with van der Waals surface area (Å²) in [5, 5.41) is 21.0. The van der Waals surface area contributed by atoms with Crippen LogP contribution in [0.25, 0.3) is 0 Å². The summed E-state index contributed by atoms with van der Waals surface area (Å²) in [6.45, 7) is 3.24. The average Bonchev–Trinajstić information content (AvgIpc) is 2.21. The number of halogens is 1. The summed E-state index contributed by atoms with van der Waals surface area (Å²) in [5.41, 5.74) is -0.356. The number of benzene rings is 1. The van der Waals surface area contributed by atoms with Crippen molar-refractivity contribution in [3.05, 3.63) is 28.8 Å². The van der Waals surface area contributed by atoms with E-state index >= 15 is 0 Å². The molecule has 0 heterocycles. The minimum Gasteiger partial charge on any atom is -0.506 e. The molecule has 4 nitrogen and oxygen atoms in total. The van der Waals surface area contributed by atoms with Crippen LogP contribution in [-0.4, -0.2) is 28.3 Å². The fraction of sp³-hybridized carbons (Fsp3) is 0.364. The van der Waals surface area contributed by atoms with Gasteiger partial charge in [-0.2, -0.15) is 0 Å². The maximum atomic E-state index is 11.7. The van der Waals surface area contributed by atoms with Gasteiger partial charge in [0.05, 0.1) is 17.2 Å². The molecular weight excluding hydrogens is 230 g/mol. The number of hydrogen-bond donors (Lipinski definition) is 3. The zero-order valence-corrected chi connectivity index (χ0v) is 9.88. The summed E-state index contributed by atoms with van der Waals surface area (Å²) in [7, 11) is 0. The highest BCUT2D eigenvalue weighted by molar-refractivity contribution is 6.32. The van der Waals surface area contributed by atoms with Gasteiger partial charge in [0.1, 0.15) is 5.75 Å². The quantitative estimate of drug-likeness (QED) is 0.754. The van der Waals surface area contributed by atoms with Gasteiger partial charge in [-0.15, -0.1) is 0 Å². The first kappa shape index (κ1) is 12.8. The van der Waals surface area contributed by atoms with Gasteiger partial charge in [0.2, 0.25) is 0 Å². The van der Waals surface area contributed by atoms with Gasteiger partial charge in [-0.3, -0.25) is 4.79 Å². The van der Waals surface area contributed by atoms with Crippen LogP contribution in [0.4, 0.5) is 0 Å². The third-order valence-corrected chi connectivity index (χ3v) is 2.36. The Morgan fingerprint density at radius 3 is 2.62 bits per heavy atom. The van der Waals surface area contributed by atoms with Crippen LogP contribution in [0, 0.1) is 0 Å². The van der Waals surface area contributed by atoms with E-state index in [1.165, 1.54) is 18.2 Å². The summed E-state index contributed by atoms with van der Waals surface area (Å²) >= 11 is 5.68. The Kier molecular flexibility index (Phi) is 3.78. The van der Waals surface area contributed by atoms with Crippen LogP contribution in [0.2, 0.25) is 5.02 Å². The molecule has 0 atom stereocenters. The van der Waals surface area contributed by atoms with Crippen molar-refractivity contribution in [3.63, 3.8) is 0 Å². The molecule has 0 radical (unpaired) electrons. The number of rotatable bonds is 3. The average molecular weight is 244 g/mol. The first-order valence-corrected chi connectivity index (χ1v) is 5.15. The maximum Gasteiger partial charge on any atom is 0.251 e. The molecule has 0 aliphatic heterocycles. The lowest BCUT2D eigenvalue weighted by atomic mass is 10.1. The molecule has 0 fully saturated rings. The number of nitrogens with one attached hydrogen (secondary N) is 1. The van der Waals surface area contributed by atoms with Crippen LogP contribution in [0.5, 0.6) is 5.75 Å². The van der Waals surface area contributed by atoms with Crippen LogP contribution < -0.4 is 5.32 Å². The Balaban J connectivity index is 2.85. The molecule has 16 heavy (non-hydrogen) atoms. The normalized spacial score (nSPS) is 11.2. The molecule has 0 aromatic heterocycles. The maximum absolute atomic E-state index is 11.7. The van der Waals surface area contributed by atoms with Gasteiger partial charge in [-0.25, -0.2) is 0 Å². The van der Waals surface area contributed by atoms with Crippen molar-refractivity contribution >= 4 is 17.5 Å². The molecule has 1 aromatic carbocycles. The van der Waals surface area contributed by atoms with Gasteiger partial charge < -0.3 is 15.5 Å². The number of phenols is 1. The predicted molar refractivity (Wildman–Crippen MR) is 61.7 cm³/mol. The Morgan fingerprint density at radius 1 is 1.50 bits per heavy atom. The summed E-state index contributed by atoms with van der Waals surface area (Å²) in [5.74, 6) is -0.416. The highest BCUT2D eigenvalue weighted by atomic mass is 35.5. The van der Waals surface area contributed by atoms with Crippen LogP contribution in [0.1, 0.15) is 24.2 Å². The van der Waals surface area contributed by atoms with Crippen molar-refractivity contribution in [1.29, 1.82) is 0 Å². The van der Waals surface area contributed by atoms with E-state index in [1.807, 2.05) is 0 Å². The molecule has 5 heteroatoms. The largest absolute Gasteiger partial charge is 0.506 e. The van der Waals surface area contributed by atoms with Crippen LogP contribution >= 0.6 is 11.6 Å². The van der Waals surface area contributed by atoms with E-state index in [0.29, 0.717) is 5.56 Å². The lowest BCUT2D eigenvalue weighted by molar-refractivity contribution is 0.0869. The first-order valence-electron chi connectivity index (χ1n) is 4.77. The number of phenolic OH excluding ortho intramolecular Hbond substituents is 1. The third-order valence-electron chi connectivity index (χ3n) is 2.06. The van der Waals surface area contributed by atoms with Crippen molar-refractivity contribution in [2.75, 3.05) is 6.61 Å². The molecule has 0 saturated heterocycles. The van der Waals surface area contributed by atoms with E-state index in [1.54, 1.807) is 13.8 Å². The van der Waals surface area contributed by atoms with Crippen molar-refractivity contribution in [2.24, 2.45) is 0 Å². The van der Waals surface area contributed by atoms with Crippen molar-refractivity contribution < 1.29 is 15.0 Å². The number of carbonyl (C=O) groups excluding carboxylic acids is 1. The van der Waals surface area contributed by atoms with Crippen molar-refractivity contribution in [2.45, 2.75) is 19.4 Å². The van der Waals surface area contributed by atoms with E-state index in [2.05, 4.69) is 5.32 Å². The van der Waals surface area contributed by atoms with Gasteiger partial charge >= 0.3 is 0 Å². The molecule has 0 aliphatic carbocycles. The monoisotopic (exact) mass is 243 g/mol. The fourth-order valence-corrected chi connectivity index (χ4v) is 1.25. The Bertz CT molecular complexity index is 404. The van der Waals surface area contributed by atoms with E-state index in [0.717, 1.165) is 0 Å². The van der Waals surface area contributed by atoms with Gasteiger partial charge in [0.15, 0.2) is 0 Å². The first-order chi connectivity index (χ1) is 7.35. The second-order valence-electron chi connectivity index (χ2n) is 4.16. The second kappa shape index (κ2) is 4.72. The van der Waals surface area contributed by atoms with E-state index < -0.39 is 5.54 Å². The standard InChI is InChI=1S/C11H14ClNO3/c1-11(2,6-14)13-10(16)7-3-4-9(15)8(12)5-7/h3-5,14-15H,6H2,1-2H3,(H,13,16). The number of amides is 1. The van der Waals surface area contributed by atoms with Crippen molar-refractivity contribution in [1.82, 2.24) is 5.32 Å². The molecular formula is C11H14ClNO3. The molecule has 0 bridgehead atoms. The molecule has 1 aromatic rings. The molecule has 1 amide bonds. The summed E-state index contributed by atoms with van der Waals surface area (Å²) in [4.78, 5) is 11.7. The topological polar surface area (TPSA) is 69.6 Å². The molecule has 3 N–H and O–H groups in total. The molecule has 0 aliphatic rings. The predicted octanol–water partition coefficient (Wildman–Crippen LogP) is 1.55. The summed E-state index contributed by atoms with van der Waals surface area (Å²) in [6, 6.07) is 4.19. The van der Waals surface area contributed by atoms with Gasteiger partial charge in [0.25, 0.3) is 5.91 Å². The SMILES string of the molecule is CC(C)(CO)NC(=O)c1ccc(O)c(Cl)c1. The minimum absolute atomic E-state index is 0.0698. The zero-order valence-electron chi connectivity index (χ0n) is 9.12. The highest BCUT2D eigenvalue weighted by Gasteiger charge is 2.20. The van der Waals surface area contributed by atoms with E-state index in [4.69, 9.17) is 16.7 Å². The smallest absolute Gasteiger partial charge is 0.251 e. The third kappa shape index (κ3) is 3.12. The summed E-state index contributed by atoms with van der Waals surface area (Å²) in [6.07, 6.45) is 0. The van der Waals surface area contributed by atoms with Crippen LogP contribution in [-0.2, 0) is 0 Å². The molecule has 0 saturated carbocycles. The van der Waals surface area contributed by atoms with Crippen LogP contribution in [0.15, 0.2) is 18.2 Å². The molecule has 88 valence electrons. The highest BCUT2D eigenvalue weighted by Crippen LogP contribution is 2.23. The number of aliphatic hydroxyl groups excluding tert-OH is 1. The van der Waals surface area contributed by atoms with Gasteiger partial charge in [-0.1, -0.05) is 11.6 Å². The molecule has 1 rings (SSSR count). The van der Waals surface area contributed by atoms with Gasteiger partial charge in [-0.05, 0) is 32.0 Å².